The van der Waals surface area contributed by atoms with Gasteiger partial charge >= 0.3 is 0 Å². The summed E-state index contributed by atoms with van der Waals surface area (Å²) in [5.74, 6) is 2.04. The molecule has 3 nitrogen and oxygen atoms in total. The molecule has 0 aliphatic heterocycles. The van der Waals surface area contributed by atoms with E-state index in [0.29, 0.717) is 18.4 Å². The van der Waals surface area contributed by atoms with Crippen molar-refractivity contribution in [1.29, 1.82) is 0 Å². The van der Waals surface area contributed by atoms with E-state index in [1.54, 1.807) is 0 Å². The SMILES string of the molecule is c1ccc(COCC2CCC(c3nc4ccccc4o3)CC2)cc1. The zero-order valence-corrected chi connectivity index (χ0v) is 13.9. The van der Waals surface area contributed by atoms with Crippen LogP contribution in [0.1, 0.15) is 43.1 Å². The molecule has 124 valence electrons. The lowest BCUT2D eigenvalue weighted by molar-refractivity contribution is 0.0704. The quantitative estimate of drug-likeness (QED) is 0.638. The molecule has 1 aromatic heterocycles. The average molecular weight is 321 g/mol. The number of fused-ring (bicyclic) bond motifs is 1. The van der Waals surface area contributed by atoms with Crippen molar-refractivity contribution in [2.45, 2.75) is 38.2 Å². The van der Waals surface area contributed by atoms with Crippen LogP contribution in [0.5, 0.6) is 0 Å². The summed E-state index contributed by atoms with van der Waals surface area (Å²) >= 11 is 0. The highest BCUT2D eigenvalue weighted by molar-refractivity contribution is 5.72. The lowest BCUT2D eigenvalue weighted by Gasteiger charge is -2.26. The van der Waals surface area contributed by atoms with Crippen molar-refractivity contribution in [2.75, 3.05) is 6.61 Å². The zero-order chi connectivity index (χ0) is 16.2. The Morgan fingerprint density at radius 2 is 1.67 bits per heavy atom. The fourth-order valence-electron chi connectivity index (χ4n) is 3.56. The summed E-state index contributed by atoms with van der Waals surface area (Å²) in [6, 6.07) is 18.4. The van der Waals surface area contributed by atoms with Crippen molar-refractivity contribution >= 4 is 11.1 Å². The topological polar surface area (TPSA) is 35.3 Å². The van der Waals surface area contributed by atoms with Crippen LogP contribution < -0.4 is 0 Å². The van der Waals surface area contributed by atoms with Crippen LogP contribution in [0.3, 0.4) is 0 Å². The molecule has 0 saturated heterocycles. The van der Waals surface area contributed by atoms with E-state index >= 15 is 0 Å². The number of aromatic nitrogens is 1. The Balaban J connectivity index is 1.27. The molecule has 0 unspecified atom stereocenters. The van der Waals surface area contributed by atoms with E-state index in [1.807, 2.05) is 30.3 Å². The van der Waals surface area contributed by atoms with Crippen molar-refractivity contribution in [3.63, 3.8) is 0 Å². The van der Waals surface area contributed by atoms with Gasteiger partial charge in [-0.1, -0.05) is 42.5 Å². The van der Waals surface area contributed by atoms with Crippen LogP contribution in [0.4, 0.5) is 0 Å². The average Bonchev–Trinajstić information content (AvgIpc) is 3.07. The van der Waals surface area contributed by atoms with Crippen molar-refractivity contribution < 1.29 is 9.15 Å². The Hall–Kier alpha value is -2.13. The second-order valence-electron chi connectivity index (χ2n) is 6.74. The molecule has 0 radical (unpaired) electrons. The Morgan fingerprint density at radius 3 is 2.46 bits per heavy atom. The van der Waals surface area contributed by atoms with Crippen molar-refractivity contribution in [3.8, 4) is 0 Å². The molecule has 2 aromatic carbocycles. The Morgan fingerprint density at radius 1 is 0.917 bits per heavy atom. The normalized spacial score (nSPS) is 21.2. The summed E-state index contributed by atoms with van der Waals surface area (Å²) in [6.45, 7) is 1.57. The highest BCUT2D eigenvalue weighted by Gasteiger charge is 2.26. The minimum absolute atomic E-state index is 0.461. The summed E-state index contributed by atoms with van der Waals surface area (Å²) in [4.78, 5) is 4.67. The fourth-order valence-corrected chi connectivity index (χ4v) is 3.56. The molecule has 0 N–H and O–H groups in total. The van der Waals surface area contributed by atoms with E-state index in [2.05, 4.69) is 29.2 Å². The third-order valence-corrected chi connectivity index (χ3v) is 4.97. The molecule has 4 rings (SSSR count). The second-order valence-corrected chi connectivity index (χ2v) is 6.74. The molecule has 0 spiro atoms. The van der Waals surface area contributed by atoms with Crippen LogP contribution in [0.25, 0.3) is 11.1 Å². The second kappa shape index (κ2) is 7.18. The number of oxazole rings is 1. The molecule has 24 heavy (non-hydrogen) atoms. The Bertz CT molecular complexity index is 740. The predicted molar refractivity (Wildman–Crippen MR) is 94.8 cm³/mol. The minimum atomic E-state index is 0.461. The van der Waals surface area contributed by atoms with Gasteiger partial charge in [-0.3, -0.25) is 0 Å². The van der Waals surface area contributed by atoms with E-state index in [9.17, 15) is 0 Å². The van der Waals surface area contributed by atoms with E-state index in [-0.39, 0.29) is 0 Å². The summed E-state index contributed by atoms with van der Waals surface area (Å²) < 4.78 is 11.8. The molecular weight excluding hydrogens is 298 g/mol. The molecule has 3 heteroatoms. The van der Waals surface area contributed by atoms with Crippen LogP contribution in [-0.2, 0) is 11.3 Å². The number of rotatable bonds is 5. The van der Waals surface area contributed by atoms with E-state index in [4.69, 9.17) is 9.15 Å². The van der Waals surface area contributed by atoms with Gasteiger partial charge in [-0.2, -0.15) is 0 Å². The van der Waals surface area contributed by atoms with E-state index in [0.717, 1.165) is 36.4 Å². The van der Waals surface area contributed by atoms with Crippen LogP contribution in [0, 0.1) is 5.92 Å². The fraction of sp³-hybridized carbons (Fsp3) is 0.381. The zero-order valence-electron chi connectivity index (χ0n) is 13.9. The lowest BCUT2D eigenvalue weighted by Crippen LogP contribution is -2.18. The first-order valence-electron chi connectivity index (χ1n) is 8.85. The van der Waals surface area contributed by atoms with Gasteiger partial charge in [-0.25, -0.2) is 4.98 Å². The van der Waals surface area contributed by atoms with Crippen LogP contribution >= 0.6 is 0 Å². The largest absolute Gasteiger partial charge is 0.440 e. The first-order chi connectivity index (χ1) is 11.9. The van der Waals surface area contributed by atoms with E-state index in [1.165, 1.54) is 18.4 Å². The van der Waals surface area contributed by atoms with Gasteiger partial charge in [0.05, 0.1) is 6.61 Å². The molecule has 0 atom stereocenters. The number of para-hydroxylation sites is 2. The standard InChI is InChI=1S/C21H23NO2/c1-2-6-16(7-3-1)14-23-15-17-10-12-18(13-11-17)21-22-19-8-4-5-9-20(19)24-21/h1-9,17-18H,10-15H2. The maximum Gasteiger partial charge on any atom is 0.198 e. The molecule has 1 aliphatic carbocycles. The number of hydrogen-bond acceptors (Lipinski definition) is 3. The van der Waals surface area contributed by atoms with Crippen molar-refractivity contribution in [1.82, 2.24) is 4.98 Å². The third kappa shape index (κ3) is 3.51. The van der Waals surface area contributed by atoms with Crippen LogP contribution in [0.2, 0.25) is 0 Å². The Labute approximate surface area is 142 Å². The summed E-state index contributed by atoms with van der Waals surface area (Å²) in [5.41, 5.74) is 3.12. The van der Waals surface area contributed by atoms with Gasteiger partial charge in [0, 0.05) is 12.5 Å². The number of hydrogen-bond donors (Lipinski definition) is 0. The molecular formula is C21H23NO2. The predicted octanol–water partition coefficient (Wildman–Crippen LogP) is 5.32. The maximum absolute atomic E-state index is 5.94. The van der Waals surface area contributed by atoms with Gasteiger partial charge < -0.3 is 9.15 Å². The maximum atomic E-state index is 5.94. The van der Waals surface area contributed by atoms with Gasteiger partial charge in [-0.15, -0.1) is 0 Å². The molecule has 0 bridgehead atoms. The summed E-state index contributed by atoms with van der Waals surface area (Å²) in [6.07, 6.45) is 4.68. The first-order valence-corrected chi connectivity index (χ1v) is 8.85. The molecule has 3 aromatic rings. The van der Waals surface area contributed by atoms with Gasteiger partial charge in [0.1, 0.15) is 5.52 Å². The smallest absolute Gasteiger partial charge is 0.198 e. The summed E-state index contributed by atoms with van der Waals surface area (Å²) in [5, 5.41) is 0. The highest BCUT2D eigenvalue weighted by Crippen LogP contribution is 2.36. The van der Waals surface area contributed by atoms with Gasteiger partial charge in [-0.05, 0) is 49.3 Å². The molecule has 1 saturated carbocycles. The van der Waals surface area contributed by atoms with Gasteiger partial charge in [0.2, 0.25) is 0 Å². The molecule has 1 heterocycles. The number of ether oxygens (including phenoxy) is 1. The van der Waals surface area contributed by atoms with Crippen molar-refractivity contribution in [3.05, 3.63) is 66.1 Å². The van der Waals surface area contributed by atoms with Crippen molar-refractivity contribution in [2.24, 2.45) is 5.92 Å². The van der Waals surface area contributed by atoms with Crippen LogP contribution in [-0.4, -0.2) is 11.6 Å². The number of nitrogens with zero attached hydrogens (tertiary/aromatic N) is 1. The molecule has 1 fully saturated rings. The monoisotopic (exact) mass is 321 g/mol. The first kappa shape index (κ1) is 15.4. The van der Waals surface area contributed by atoms with Crippen LogP contribution in [0.15, 0.2) is 59.0 Å². The Kier molecular flexibility index (Phi) is 4.61. The third-order valence-electron chi connectivity index (χ3n) is 4.97. The number of benzene rings is 2. The summed E-state index contributed by atoms with van der Waals surface area (Å²) in [7, 11) is 0. The lowest BCUT2D eigenvalue weighted by atomic mass is 9.82. The van der Waals surface area contributed by atoms with Gasteiger partial charge in [0.25, 0.3) is 0 Å². The molecule has 1 aliphatic rings. The van der Waals surface area contributed by atoms with E-state index < -0.39 is 0 Å². The highest BCUT2D eigenvalue weighted by atomic mass is 16.5. The molecule has 0 amide bonds. The minimum Gasteiger partial charge on any atom is -0.440 e. The van der Waals surface area contributed by atoms with Gasteiger partial charge in [0.15, 0.2) is 11.5 Å².